The summed E-state index contributed by atoms with van der Waals surface area (Å²) in [5.74, 6) is 0.676. The van der Waals surface area contributed by atoms with Gasteiger partial charge in [0.2, 0.25) is 0 Å². The molecule has 0 heteroatoms. The summed E-state index contributed by atoms with van der Waals surface area (Å²) < 4.78 is 0. The molecule has 0 spiro atoms. The molecule has 0 bridgehead atoms. The lowest BCUT2D eigenvalue weighted by atomic mass is 10.0. The zero-order valence-corrected chi connectivity index (χ0v) is 18.9. The van der Waals surface area contributed by atoms with E-state index in [2.05, 4.69) is 78.9 Å². The first-order valence-electron chi connectivity index (χ1n) is 12.5. The second kappa shape index (κ2) is 8.58. The van der Waals surface area contributed by atoms with Gasteiger partial charge in [0.05, 0.1) is 0 Å². The summed E-state index contributed by atoms with van der Waals surface area (Å²) in [5, 5.41) is 0. The third kappa shape index (κ3) is 3.88. The molecule has 6 aliphatic rings. The van der Waals surface area contributed by atoms with E-state index in [4.69, 9.17) is 0 Å². The van der Waals surface area contributed by atoms with Gasteiger partial charge in [0.15, 0.2) is 0 Å². The Labute approximate surface area is 192 Å². The van der Waals surface area contributed by atoms with Gasteiger partial charge in [-0.3, -0.25) is 0 Å². The van der Waals surface area contributed by atoms with E-state index >= 15 is 0 Å². The molecule has 0 amide bonds. The Morgan fingerprint density at radius 3 is 1.62 bits per heavy atom. The SMILES string of the molecule is C1=CC2C=CCC2=C1.C1=Cc2cc3c(cc2C1)C=CC3.c1c2c(cc3c1CCC3)CCC2. The standard InChI is InChI=1S/C12H14.C12H10.C8H8/c2*1-3-9-7-11-5-2-6-12(11)8-10(9)4-1;1-3-7-5-2-6-8(7)4-1/h7-8H,1-6H2;1-3,6-8H,4-5H2;1-5,7H,6H2. The third-order valence-corrected chi connectivity index (χ3v) is 7.73. The fourth-order valence-electron chi connectivity index (χ4n) is 5.95. The molecule has 32 heavy (non-hydrogen) atoms. The van der Waals surface area contributed by atoms with Crippen molar-refractivity contribution >= 4 is 12.2 Å². The lowest BCUT2D eigenvalue weighted by Crippen LogP contribution is -1.88. The maximum atomic E-state index is 2.48. The molecular weight excluding hydrogens is 384 g/mol. The van der Waals surface area contributed by atoms with E-state index in [1.807, 2.05) is 0 Å². The highest BCUT2D eigenvalue weighted by molar-refractivity contribution is 5.69. The normalized spacial score (nSPS) is 21.2. The second-order valence-electron chi connectivity index (χ2n) is 9.84. The van der Waals surface area contributed by atoms with Crippen LogP contribution in [0.1, 0.15) is 63.8 Å². The van der Waals surface area contributed by atoms with Gasteiger partial charge in [0.1, 0.15) is 0 Å². The summed E-state index contributed by atoms with van der Waals surface area (Å²) in [6, 6.07) is 9.61. The molecule has 1 atom stereocenters. The van der Waals surface area contributed by atoms with Gasteiger partial charge in [0, 0.05) is 5.92 Å². The van der Waals surface area contributed by atoms with Gasteiger partial charge in [-0.1, -0.05) is 84.5 Å². The van der Waals surface area contributed by atoms with Crippen molar-refractivity contribution < 1.29 is 0 Å². The van der Waals surface area contributed by atoms with Crippen LogP contribution in [0.2, 0.25) is 0 Å². The Bertz CT molecular complexity index is 1100. The minimum Gasteiger partial charge on any atom is -0.0835 e. The first-order valence-corrected chi connectivity index (χ1v) is 12.5. The average molecular weight is 417 g/mol. The smallest absolute Gasteiger partial charge is 0.0166 e. The van der Waals surface area contributed by atoms with Crippen molar-refractivity contribution in [3.63, 3.8) is 0 Å². The highest BCUT2D eigenvalue weighted by atomic mass is 14.2. The molecule has 0 N–H and O–H groups in total. The Hall–Kier alpha value is -2.86. The van der Waals surface area contributed by atoms with Gasteiger partial charge >= 0.3 is 0 Å². The van der Waals surface area contributed by atoms with Gasteiger partial charge < -0.3 is 0 Å². The van der Waals surface area contributed by atoms with Gasteiger partial charge in [-0.05, 0) is 102 Å². The van der Waals surface area contributed by atoms with Crippen LogP contribution in [0.15, 0.2) is 72.4 Å². The van der Waals surface area contributed by atoms with Gasteiger partial charge in [-0.2, -0.15) is 0 Å². The third-order valence-electron chi connectivity index (χ3n) is 7.73. The van der Waals surface area contributed by atoms with Crippen molar-refractivity contribution in [3.8, 4) is 0 Å². The van der Waals surface area contributed by atoms with E-state index in [9.17, 15) is 0 Å². The van der Waals surface area contributed by atoms with Crippen molar-refractivity contribution in [1.29, 1.82) is 0 Å². The minimum atomic E-state index is 0.676. The quantitative estimate of drug-likeness (QED) is 0.389. The summed E-state index contributed by atoms with van der Waals surface area (Å²) in [4.78, 5) is 0. The molecule has 160 valence electrons. The maximum absolute atomic E-state index is 2.48. The summed E-state index contributed by atoms with van der Waals surface area (Å²) in [6.07, 6.45) is 31.6. The van der Waals surface area contributed by atoms with Crippen molar-refractivity contribution in [2.24, 2.45) is 5.92 Å². The van der Waals surface area contributed by atoms with E-state index in [1.165, 1.54) is 67.2 Å². The van der Waals surface area contributed by atoms with Crippen molar-refractivity contribution in [1.82, 2.24) is 0 Å². The van der Waals surface area contributed by atoms with Crippen LogP contribution < -0.4 is 0 Å². The molecule has 6 aliphatic carbocycles. The van der Waals surface area contributed by atoms with Crippen LogP contribution in [0, 0.1) is 5.92 Å². The predicted molar refractivity (Wildman–Crippen MR) is 137 cm³/mol. The number of aryl methyl sites for hydroxylation is 4. The van der Waals surface area contributed by atoms with Crippen LogP contribution >= 0.6 is 0 Å². The van der Waals surface area contributed by atoms with Crippen molar-refractivity contribution in [2.45, 2.75) is 57.8 Å². The number of allylic oxidation sites excluding steroid dienone is 8. The van der Waals surface area contributed by atoms with Gasteiger partial charge in [-0.15, -0.1) is 0 Å². The predicted octanol–water partition coefficient (Wildman–Crippen LogP) is 7.55. The van der Waals surface area contributed by atoms with E-state index < -0.39 is 0 Å². The molecule has 0 fully saturated rings. The number of hydrogen-bond acceptors (Lipinski definition) is 0. The van der Waals surface area contributed by atoms with E-state index in [0.717, 1.165) is 12.8 Å². The molecule has 2 aromatic rings. The molecule has 1 unspecified atom stereocenters. The molecule has 2 aromatic carbocycles. The zero-order chi connectivity index (χ0) is 21.3. The monoisotopic (exact) mass is 416 g/mol. The van der Waals surface area contributed by atoms with Gasteiger partial charge in [0.25, 0.3) is 0 Å². The Balaban J connectivity index is 0.0000000938. The van der Waals surface area contributed by atoms with E-state index in [0.29, 0.717) is 5.92 Å². The average Bonchev–Trinajstić information content (AvgIpc) is 3.60. The zero-order valence-electron chi connectivity index (χ0n) is 18.9. The second-order valence-corrected chi connectivity index (χ2v) is 9.84. The van der Waals surface area contributed by atoms with Crippen molar-refractivity contribution in [2.75, 3.05) is 0 Å². The first-order chi connectivity index (χ1) is 15.8. The van der Waals surface area contributed by atoms with Crippen LogP contribution in [0.3, 0.4) is 0 Å². The van der Waals surface area contributed by atoms with Crippen LogP contribution in [-0.4, -0.2) is 0 Å². The maximum Gasteiger partial charge on any atom is 0.0166 e. The number of rotatable bonds is 0. The molecule has 0 radical (unpaired) electrons. The number of hydrogen-bond donors (Lipinski definition) is 0. The fourth-order valence-corrected chi connectivity index (χ4v) is 5.95. The van der Waals surface area contributed by atoms with Crippen LogP contribution in [0.5, 0.6) is 0 Å². The molecule has 8 rings (SSSR count). The highest BCUT2D eigenvalue weighted by Gasteiger charge is 2.17. The highest BCUT2D eigenvalue weighted by Crippen LogP contribution is 2.31. The Kier molecular flexibility index (Phi) is 5.31. The molecular formula is C32H32. The fraction of sp³-hybridized carbons (Fsp3) is 0.312. The summed E-state index contributed by atoms with van der Waals surface area (Å²) >= 11 is 0. The molecule has 0 aromatic heterocycles. The number of benzene rings is 2. The summed E-state index contributed by atoms with van der Waals surface area (Å²) in [5.41, 5.74) is 14.0. The lowest BCUT2D eigenvalue weighted by Gasteiger charge is -2.03. The van der Waals surface area contributed by atoms with Crippen molar-refractivity contribution in [3.05, 3.63) is 117 Å². The lowest BCUT2D eigenvalue weighted by molar-refractivity contribution is 0.897. The molecule has 0 nitrogen and oxygen atoms in total. The van der Waals surface area contributed by atoms with Crippen LogP contribution in [0.4, 0.5) is 0 Å². The number of fused-ring (bicyclic) bond motifs is 5. The largest absolute Gasteiger partial charge is 0.0835 e. The molecule has 0 aliphatic heterocycles. The first kappa shape index (κ1) is 19.8. The van der Waals surface area contributed by atoms with Crippen LogP contribution in [0.25, 0.3) is 12.2 Å². The van der Waals surface area contributed by atoms with E-state index in [-0.39, 0.29) is 0 Å². The summed E-state index contributed by atoms with van der Waals surface area (Å²) in [7, 11) is 0. The Morgan fingerprint density at radius 1 is 0.531 bits per heavy atom. The topological polar surface area (TPSA) is 0 Å². The van der Waals surface area contributed by atoms with Gasteiger partial charge in [-0.25, -0.2) is 0 Å². The Morgan fingerprint density at radius 2 is 1.09 bits per heavy atom. The minimum absolute atomic E-state index is 0.676. The molecule has 0 saturated carbocycles. The molecule has 0 saturated heterocycles. The summed E-state index contributed by atoms with van der Waals surface area (Å²) in [6.45, 7) is 0. The van der Waals surface area contributed by atoms with E-state index in [1.54, 1.807) is 27.8 Å². The van der Waals surface area contributed by atoms with Crippen LogP contribution in [-0.2, 0) is 38.5 Å². The molecule has 0 heterocycles.